The van der Waals surface area contributed by atoms with Crippen LogP contribution in [0.5, 0.6) is 0 Å². The first-order valence-corrected chi connectivity index (χ1v) is 8.80. The molecule has 2 heterocycles. The molecule has 0 atom stereocenters. The van der Waals surface area contributed by atoms with Gasteiger partial charge in [0.2, 0.25) is 5.91 Å². The van der Waals surface area contributed by atoms with Gasteiger partial charge >= 0.3 is 0 Å². The Morgan fingerprint density at radius 3 is 2.61 bits per heavy atom. The van der Waals surface area contributed by atoms with Crippen LogP contribution >= 0.6 is 11.3 Å². The number of ether oxygens (including phenoxy) is 1. The highest BCUT2D eigenvalue weighted by Crippen LogP contribution is 2.20. The highest BCUT2D eigenvalue weighted by Gasteiger charge is 2.21. The van der Waals surface area contributed by atoms with E-state index >= 15 is 0 Å². The fraction of sp³-hybridized carbons (Fsp3) is 0.389. The molecule has 23 heavy (non-hydrogen) atoms. The Labute approximate surface area is 141 Å². The molecule has 0 radical (unpaired) electrons. The summed E-state index contributed by atoms with van der Waals surface area (Å²) in [5, 5.41) is 2.02. The van der Waals surface area contributed by atoms with E-state index in [0.717, 1.165) is 31.1 Å². The van der Waals surface area contributed by atoms with Crippen LogP contribution in [0.25, 0.3) is 0 Å². The van der Waals surface area contributed by atoms with E-state index < -0.39 is 0 Å². The van der Waals surface area contributed by atoms with Crippen LogP contribution in [0.3, 0.4) is 0 Å². The van der Waals surface area contributed by atoms with Gasteiger partial charge in [-0.05, 0) is 30.0 Å². The van der Waals surface area contributed by atoms with Crippen molar-refractivity contribution in [2.75, 3.05) is 37.7 Å². The Kier molecular flexibility index (Phi) is 5.31. The lowest BCUT2D eigenvalue weighted by atomic mass is 10.1. The second-order valence-corrected chi connectivity index (χ2v) is 6.76. The molecule has 122 valence electrons. The molecule has 0 saturated carbocycles. The SMILES string of the molecule is Cc1ccccc1N1CCN(C(=O)COCc2cccs2)CC1. The number of benzene rings is 1. The average molecular weight is 330 g/mol. The molecular formula is C18H22N2O2S. The monoisotopic (exact) mass is 330 g/mol. The highest BCUT2D eigenvalue weighted by atomic mass is 32.1. The van der Waals surface area contributed by atoms with Gasteiger partial charge < -0.3 is 14.5 Å². The fourth-order valence-electron chi connectivity index (χ4n) is 2.84. The van der Waals surface area contributed by atoms with Crippen molar-refractivity contribution in [2.24, 2.45) is 0 Å². The first kappa shape index (κ1) is 16.0. The van der Waals surface area contributed by atoms with Crippen molar-refractivity contribution in [3.8, 4) is 0 Å². The standard InChI is InChI=1S/C18H22N2O2S/c1-15-5-2-3-7-17(15)19-8-10-20(11-9-19)18(21)14-22-13-16-6-4-12-23-16/h2-7,12H,8-11,13-14H2,1H3. The van der Waals surface area contributed by atoms with E-state index in [4.69, 9.17) is 4.74 Å². The van der Waals surface area contributed by atoms with Crippen LogP contribution < -0.4 is 4.90 Å². The van der Waals surface area contributed by atoms with Gasteiger partial charge in [-0.25, -0.2) is 0 Å². The van der Waals surface area contributed by atoms with Crippen LogP contribution in [0, 0.1) is 6.92 Å². The number of amides is 1. The summed E-state index contributed by atoms with van der Waals surface area (Å²) >= 11 is 1.65. The number of hydrogen-bond acceptors (Lipinski definition) is 4. The van der Waals surface area contributed by atoms with E-state index in [9.17, 15) is 4.79 Å². The third-order valence-electron chi connectivity index (χ3n) is 4.14. The predicted molar refractivity (Wildman–Crippen MR) is 93.9 cm³/mol. The van der Waals surface area contributed by atoms with Crippen molar-refractivity contribution in [1.82, 2.24) is 4.90 Å². The van der Waals surface area contributed by atoms with Crippen LogP contribution in [0.15, 0.2) is 41.8 Å². The van der Waals surface area contributed by atoms with Gasteiger partial charge in [-0.15, -0.1) is 11.3 Å². The lowest BCUT2D eigenvalue weighted by Crippen LogP contribution is -2.49. The number of aryl methyl sites for hydroxylation is 1. The third-order valence-corrected chi connectivity index (χ3v) is 4.99. The van der Waals surface area contributed by atoms with E-state index in [1.165, 1.54) is 11.3 Å². The van der Waals surface area contributed by atoms with Gasteiger partial charge in [-0.2, -0.15) is 0 Å². The largest absolute Gasteiger partial charge is 0.368 e. The second-order valence-electron chi connectivity index (χ2n) is 5.73. The van der Waals surface area contributed by atoms with Crippen molar-refractivity contribution in [3.63, 3.8) is 0 Å². The van der Waals surface area contributed by atoms with Crippen molar-refractivity contribution < 1.29 is 9.53 Å². The maximum Gasteiger partial charge on any atom is 0.248 e. The van der Waals surface area contributed by atoms with Crippen molar-refractivity contribution >= 4 is 22.9 Å². The molecule has 4 nitrogen and oxygen atoms in total. The van der Waals surface area contributed by atoms with Crippen molar-refractivity contribution in [2.45, 2.75) is 13.5 Å². The minimum absolute atomic E-state index is 0.0889. The number of hydrogen-bond donors (Lipinski definition) is 0. The summed E-state index contributed by atoms with van der Waals surface area (Å²) in [6.45, 7) is 6.09. The van der Waals surface area contributed by atoms with Gasteiger partial charge in [0.05, 0.1) is 6.61 Å². The quantitative estimate of drug-likeness (QED) is 0.845. The second kappa shape index (κ2) is 7.62. The van der Waals surface area contributed by atoms with Crippen LogP contribution in [0.1, 0.15) is 10.4 Å². The lowest BCUT2D eigenvalue weighted by molar-refractivity contribution is -0.136. The summed E-state index contributed by atoms with van der Waals surface area (Å²) in [5.74, 6) is 0.0889. The maximum absolute atomic E-state index is 12.2. The summed E-state index contributed by atoms with van der Waals surface area (Å²) in [6.07, 6.45) is 0. The van der Waals surface area contributed by atoms with Crippen LogP contribution in [-0.2, 0) is 16.1 Å². The fourth-order valence-corrected chi connectivity index (χ4v) is 3.48. The maximum atomic E-state index is 12.2. The topological polar surface area (TPSA) is 32.8 Å². The molecule has 0 spiro atoms. The Morgan fingerprint density at radius 1 is 1.13 bits per heavy atom. The zero-order valence-corrected chi connectivity index (χ0v) is 14.2. The molecule has 0 bridgehead atoms. The Balaban J connectivity index is 1.45. The van der Waals surface area contributed by atoms with Gasteiger partial charge in [-0.3, -0.25) is 4.79 Å². The van der Waals surface area contributed by atoms with Crippen molar-refractivity contribution in [3.05, 3.63) is 52.2 Å². The first-order valence-electron chi connectivity index (χ1n) is 7.92. The molecule has 1 fully saturated rings. The summed E-state index contributed by atoms with van der Waals surface area (Å²) in [7, 11) is 0. The number of carbonyl (C=O) groups excluding carboxylic acids is 1. The van der Waals surface area contributed by atoms with E-state index in [0.29, 0.717) is 6.61 Å². The van der Waals surface area contributed by atoms with Crippen molar-refractivity contribution in [1.29, 1.82) is 0 Å². The van der Waals surface area contributed by atoms with E-state index in [2.05, 4.69) is 36.1 Å². The predicted octanol–water partition coefficient (Wildman–Crippen LogP) is 2.92. The van der Waals surface area contributed by atoms with Crippen LogP contribution in [0.2, 0.25) is 0 Å². The molecule has 1 aromatic carbocycles. The highest BCUT2D eigenvalue weighted by molar-refractivity contribution is 7.09. The van der Waals surface area contributed by atoms with Crippen LogP contribution in [0.4, 0.5) is 5.69 Å². The third kappa shape index (κ3) is 4.12. The molecule has 0 N–H and O–H groups in total. The molecule has 1 saturated heterocycles. The average Bonchev–Trinajstić information content (AvgIpc) is 3.09. The zero-order valence-electron chi connectivity index (χ0n) is 13.4. The van der Waals surface area contributed by atoms with Gasteiger partial charge in [0, 0.05) is 36.7 Å². The Hall–Kier alpha value is -1.85. The first-order chi connectivity index (χ1) is 11.2. The van der Waals surface area contributed by atoms with Crippen LogP contribution in [-0.4, -0.2) is 43.6 Å². The zero-order chi connectivity index (χ0) is 16.1. The lowest BCUT2D eigenvalue weighted by Gasteiger charge is -2.36. The summed E-state index contributed by atoms with van der Waals surface area (Å²) in [6, 6.07) is 12.4. The van der Waals surface area contributed by atoms with E-state index in [1.54, 1.807) is 11.3 Å². The molecule has 5 heteroatoms. The van der Waals surface area contributed by atoms with Gasteiger partial charge in [0.1, 0.15) is 6.61 Å². The molecule has 2 aromatic rings. The summed E-state index contributed by atoms with van der Waals surface area (Å²) < 4.78 is 5.53. The van der Waals surface area contributed by atoms with E-state index in [1.807, 2.05) is 22.4 Å². The molecule has 0 unspecified atom stereocenters. The molecule has 3 rings (SSSR count). The Bertz CT molecular complexity index is 634. The minimum atomic E-state index is 0.0889. The molecular weight excluding hydrogens is 308 g/mol. The number of thiophene rings is 1. The van der Waals surface area contributed by atoms with Gasteiger partial charge in [0.25, 0.3) is 0 Å². The number of anilines is 1. The van der Waals surface area contributed by atoms with E-state index in [-0.39, 0.29) is 12.5 Å². The number of piperazine rings is 1. The Morgan fingerprint density at radius 2 is 1.91 bits per heavy atom. The minimum Gasteiger partial charge on any atom is -0.368 e. The molecule has 1 aliphatic rings. The summed E-state index contributed by atoms with van der Waals surface area (Å²) in [5.41, 5.74) is 2.56. The van der Waals surface area contributed by atoms with Gasteiger partial charge in [-0.1, -0.05) is 24.3 Å². The number of para-hydroxylation sites is 1. The normalized spacial score (nSPS) is 15.0. The number of nitrogens with zero attached hydrogens (tertiary/aromatic N) is 2. The molecule has 1 aromatic heterocycles. The molecule has 1 aliphatic heterocycles. The molecule has 1 amide bonds. The summed E-state index contributed by atoms with van der Waals surface area (Å²) in [4.78, 5) is 17.6. The van der Waals surface area contributed by atoms with Gasteiger partial charge in [0.15, 0.2) is 0 Å². The molecule has 0 aliphatic carbocycles. The number of rotatable bonds is 5. The smallest absolute Gasteiger partial charge is 0.248 e. The number of carbonyl (C=O) groups is 1.